The topological polar surface area (TPSA) is 79.1 Å². The van der Waals surface area contributed by atoms with E-state index in [1.807, 2.05) is 6.92 Å². The summed E-state index contributed by atoms with van der Waals surface area (Å²) in [5.74, 6) is 6.97. The molecule has 0 saturated carbocycles. The third-order valence-corrected chi connectivity index (χ3v) is 3.51. The predicted octanol–water partition coefficient (Wildman–Crippen LogP) is 0.967. The van der Waals surface area contributed by atoms with Crippen molar-refractivity contribution in [2.45, 2.75) is 32.7 Å². The second-order valence-electron chi connectivity index (χ2n) is 4.72. The minimum atomic E-state index is 0.456. The van der Waals surface area contributed by atoms with Crippen molar-refractivity contribution in [2.24, 2.45) is 5.84 Å². The second-order valence-corrected chi connectivity index (χ2v) is 4.72. The molecule has 18 heavy (non-hydrogen) atoms. The van der Waals surface area contributed by atoms with Gasteiger partial charge in [0.25, 0.3) is 0 Å². The van der Waals surface area contributed by atoms with Crippen LogP contribution in [0.2, 0.25) is 0 Å². The van der Waals surface area contributed by atoms with Crippen LogP contribution in [0.3, 0.4) is 0 Å². The van der Waals surface area contributed by atoms with E-state index in [9.17, 15) is 0 Å². The van der Waals surface area contributed by atoms with Gasteiger partial charge < -0.3 is 15.6 Å². The Bertz CT molecular complexity index is 394. The number of hydrogen-bond acceptors (Lipinski definition) is 6. The molecule has 2 rings (SSSR count). The summed E-state index contributed by atoms with van der Waals surface area (Å²) in [4.78, 5) is 10.8. The van der Waals surface area contributed by atoms with Gasteiger partial charge in [-0.1, -0.05) is 6.92 Å². The van der Waals surface area contributed by atoms with Crippen molar-refractivity contribution >= 4 is 11.6 Å². The lowest BCUT2D eigenvalue weighted by Gasteiger charge is -2.32. The number of hydrogen-bond donors (Lipinski definition) is 3. The highest BCUT2D eigenvalue weighted by Crippen LogP contribution is 2.20. The third-order valence-electron chi connectivity index (χ3n) is 3.51. The second kappa shape index (κ2) is 5.97. The van der Waals surface area contributed by atoms with E-state index < -0.39 is 0 Å². The van der Waals surface area contributed by atoms with E-state index >= 15 is 0 Å². The zero-order valence-corrected chi connectivity index (χ0v) is 11.1. The number of hydrazine groups is 1. The molecule has 0 aromatic carbocycles. The molecule has 0 spiro atoms. The number of likely N-dealkylation sites (tertiary alicyclic amines) is 1. The number of likely N-dealkylation sites (N-methyl/N-ethyl adjacent to an activating group) is 1. The largest absolute Gasteiger partial charge is 0.366 e. The number of rotatable bonds is 4. The van der Waals surface area contributed by atoms with Crippen molar-refractivity contribution in [3.05, 3.63) is 11.9 Å². The van der Waals surface area contributed by atoms with Gasteiger partial charge in [0, 0.05) is 18.2 Å². The maximum absolute atomic E-state index is 5.42. The lowest BCUT2D eigenvalue weighted by molar-refractivity contribution is 0.226. The van der Waals surface area contributed by atoms with E-state index in [1.165, 1.54) is 25.7 Å². The number of nitrogens with two attached hydrogens (primary N) is 1. The van der Waals surface area contributed by atoms with Gasteiger partial charge in [-0.3, -0.25) is 0 Å². The molecule has 1 unspecified atom stereocenters. The van der Waals surface area contributed by atoms with Gasteiger partial charge in [0.15, 0.2) is 0 Å². The quantitative estimate of drug-likeness (QED) is 0.546. The summed E-state index contributed by atoms with van der Waals surface area (Å²) in [6.45, 7) is 7.56. The fourth-order valence-electron chi connectivity index (χ4n) is 2.40. The van der Waals surface area contributed by atoms with Crippen LogP contribution in [0.4, 0.5) is 11.6 Å². The van der Waals surface area contributed by atoms with Crippen LogP contribution in [0.5, 0.6) is 0 Å². The SMILES string of the molecule is CCN1CCCC(Nc2ncnc(NN)c2C)C1. The standard InChI is InChI=1S/C12H22N6/c1-3-18-6-4-5-10(7-18)16-11-9(2)12(17-13)15-8-14-11/h8,10H,3-7,13H2,1-2H3,(H2,14,15,16,17). The molecular formula is C12H22N6. The predicted molar refractivity (Wildman–Crippen MR) is 73.3 cm³/mol. The van der Waals surface area contributed by atoms with Gasteiger partial charge >= 0.3 is 0 Å². The van der Waals surface area contributed by atoms with Crippen LogP contribution in [0.1, 0.15) is 25.3 Å². The minimum absolute atomic E-state index is 0.456. The van der Waals surface area contributed by atoms with Gasteiger partial charge in [-0.2, -0.15) is 0 Å². The van der Waals surface area contributed by atoms with Crippen LogP contribution < -0.4 is 16.6 Å². The van der Waals surface area contributed by atoms with E-state index in [4.69, 9.17) is 5.84 Å². The highest BCUT2D eigenvalue weighted by atomic mass is 15.3. The fourth-order valence-corrected chi connectivity index (χ4v) is 2.40. The summed E-state index contributed by atoms with van der Waals surface area (Å²) in [6, 6.07) is 0.456. The highest BCUT2D eigenvalue weighted by molar-refractivity contribution is 5.56. The van der Waals surface area contributed by atoms with Crippen LogP contribution in [0, 0.1) is 6.92 Å². The Morgan fingerprint density at radius 2 is 2.22 bits per heavy atom. The zero-order chi connectivity index (χ0) is 13.0. The van der Waals surface area contributed by atoms with Crippen molar-refractivity contribution in [1.82, 2.24) is 14.9 Å². The van der Waals surface area contributed by atoms with E-state index in [-0.39, 0.29) is 0 Å². The van der Waals surface area contributed by atoms with Gasteiger partial charge in [-0.15, -0.1) is 0 Å². The van der Waals surface area contributed by atoms with Gasteiger partial charge in [-0.05, 0) is 32.9 Å². The molecule has 100 valence electrons. The first-order valence-electron chi connectivity index (χ1n) is 6.51. The molecule has 1 fully saturated rings. The van der Waals surface area contributed by atoms with Gasteiger partial charge in [0.05, 0.1) is 0 Å². The number of anilines is 2. The highest BCUT2D eigenvalue weighted by Gasteiger charge is 2.19. The van der Waals surface area contributed by atoms with Gasteiger partial charge in [0.2, 0.25) is 0 Å². The average Bonchev–Trinajstić information content (AvgIpc) is 2.41. The van der Waals surface area contributed by atoms with Crippen molar-refractivity contribution < 1.29 is 0 Å². The third kappa shape index (κ3) is 2.88. The molecule has 1 aliphatic rings. The smallest absolute Gasteiger partial charge is 0.148 e. The molecule has 0 amide bonds. The molecule has 0 bridgehead atoms. The van der Waals surface area contributed by atoms with Gasteiger partial charge in [-0.25, -0.2) is 15.8 Å². The Kier molecular flexibility index (Phi) is 4.33. The van der Waals surface area contributed by atoms with Crippen LogP contribution in [0.25, 0.3) is 0 Å². The first kappa shape index (κ1) is 13.0. The minimum Gasteiger partial charge on any atom is -0.366 e. The van der Waals surface area contributed by atoms with Crippen molar-refractivity contribution in [3.63, 3.8) is 0 Å². The van der Waals surface area contributed by atoms with Gasteiger partial charge in [0.1, 0.15) is 18.0 Å². The molecule has 0 radical (unpaired) electrons. The van der Waals surface area contributed by atoms with Crippen LogP contribution >= 0.6 is 0 Å². The van der Waals surface area contributed by atoms with E-state index in [2.05, 4.69) is 32.5 Å². The Labute approximate surface area is 108 Å². The Balaban J connectivity index is 2.04. The van der Waals surface area contributed by atoms with E-state index in [0.29, 0.717) is 11.9 Å². The molecular weight excluding hydrogens is 228 g/mol. The molecule has 1 aliphatic heterocycles. The number of nitrogens with one attached hydrogen (secondary N) is 2. The van der Waals surface area contributed by atoms with E-state index in [0.717, 1.165) is 24.5 Å². The Hall–Kier alpha value is -1.40. The first-order valence-corrected chi connectivity index (χ1v) is 6.51. The summed E-state index contributed by atoms with van der Waals surface area (Å²) in [5, 5.41) is 3.50. The monoisotopic (exact) mass is 250 g/mol. The molecule has 6 heteroatoms. The number of nitrogen functional groups attached to an aromatic ring is 1. The fraction of sp³-hybridized carbons (Fsp3) is 0.667. The molecule has 2 heterocycles. The zero-order valence-electron chi connectivity index (χ0n) is 11.1. The van der Waals surface area contributed by atoms with Crippen LogP contribution in [0.15, 0.2) is 6.33 Å². The molecule has 4 N–H and O–H groups in total. The first-order chi connectivity index (χ1) is 8.74. The number of piperidine rings is 1. The maximum Gasteiger partial charge on any atom is 0.148 e. The summed E-state index contributed by atoms with van der Waals surface area (Å²) in [7, 11) is 0. The van der Waals surface area contributed by atoms with E-state index in [1.54, 1.807) is 0 Å². The Morgan fingerprint density at radius 3 is 2.94 bits per heavy atom. The molecule has 1 atom stereocenters. The normalized spacial score (nSPS) is 20.7. The summed E-state index contributed by atoms with van der Waals surface area (Å²) < 4.78 is 0. The molecule has 1 saturated heterocycles. The van der Waals surface area contributed by atoms with Crippen LogP contribution in [-0.2, 0) is 0 Å². The lowest BCUT2D eigenvalue weighted by Crippen LogP contribution is -2.42. The number of aromatic nitrogens is 2. The summed E-state index contributed by atoms with van der Waals surface area (Å²) >= 11 is 0. The lowest BCUT2D eigenvalue weighted by atomic mass is 10.1. The van der Waals surface area contributed by atoms with Crippen molar-refractivity contribution in [2.75, 3.05) is 30.4 Å². The van der Waals surface area contributed by atoms with Crippen molar-refractivity contribution in [1.29, 1.82) is 0 Å². The molecule has 1 aromatic rings. The molecule has 0 aliphatic carbocycles. The summed E-state index contributed by atoms with van der Waals surface area (Å²) in [5.41, 5.74) is 3.56. The van der Waals surface area contributed by atoms with Crippen LogP contribution in [-0.4, -0.2) is 40.5 Å². The molecule has 1 aromatic heterocycles. The average molecular weight is 250 g/mol. The number of nitrogens with zero attached hydrogens (tertiary/aromatic N) is 3. The maximum atomic E-state index is 5.42. The summed E-state index contributed by atoms with van der Waals surface area (Å²) in [6.07, 6.45) is 3.95. The molecule has 6 nitrogen and oxygen atoms in total. The Morgan fingerprint density at radius 1 is 1.44 bits per heavy atom. The van der Waals surface area contributed by atoms with Crippen molar-refractivity contribution in [3.8, 4) is 0 Å².